The third-order valence-corrected chi connectivity index (χ3v) is 10.6. The molecular formula is C23H27ClFN3O5S2. The molecule has 4 rings (SSSR count). The summed E-state index contributed by atoms with van der Waals surface area (Å²) in [6.07, 6.45) is 1.67. The number of amides is 1. The van der Waals surface area contributed by atoms with Gasteiger partial charge in [0.05, 0.1) is 15.8 Å². The Morgan fingerprint density at radius 2 is 1.51 bits per heavy atom. The second-order valence-corrected chi connectivity index (χ2v) is 13.4. The van der Waals surface area contributed by atoms with Crippen molar-refractivity contribution in [3.05, 3.63) is 58.9 Å². The van der Waals surface area contributed by atoms with Gasteiger partial charge in [-0.15, -0.1) is 0 Å². The third kappa shape index (κ3) is 4.97. The molecule has 1 unspecified atom stereocenters. The number of piperidine rings is 1. The Kier molecular flexibility index (Phi) is 7.27. The molecule has 0 N–H and O–H groups in total. The predicted molar refractivity (Wildman–Crippen MR) is 130 cm³/mol. The Balaban J connectivity index is 1.44. The molecule has 35 heavy (non-hydrogen) atoms. The molecule has 1 atom stereocenters. The third-order valence-electron chi connectivity index (χ3n) is 6.70. The first-order valence-electron chi connectivity index (χ1n) is 11.2. The summed E-state index contributed by atoms with van der Waals surface area (Å²) in [4.78, 5) is 14.9. The van der Waals surface area contributed by atoms with Crippen LogP contribution in [0.1, 0.15) is 30.7 Å². The standard InChI is InChI=1S/C23H27ClFN3O5S2/c1-26(2)34(30,31)18-4-6-19(7-5-18)35(32,33)28-14-11-22(23(28)29)27-12-9-16(10-13-27)20-8-3-17(24)15-21(20)25/h3-8,15-16,22H,9-14H2,1-2H3. The number of carbonyl (C=O) groups excluding carboxylic acids is 1. The van der Waals surface area contributed by atoms with E-state index < -0.39 is 32.0 Å². The molecule has 2 aromatic rings. The highest BCUT2D eigenvalue weighted by molar-refractivity contribution is 7.90. The molecule has 0 spiro atoms. The summed E-state index contributed by atoms with van der Waals surface area (Å²) >= 11 is 5.85. The Morgan fingerprint density at radius 3 is 2.09 bits per heavy atom. The van der Waals surface area contributed by atoms with Gasteiger partial charge < -0.3 is 0 Å². The fraction of sp³-hybridized carbons (Fsp3) is 0.435. The Morgan fingerprint density at radius 1 is 0.914 bits per heavy atom. The Bertz CT molecular complexity index is 1330. The van der Waals surface area contributed by atoms with Crippen molar-refractivity contribution in [3.63, 3.8) is 0 Å². The SMILES string of the molecule is CN(C)S(=O)(=O)c1ccc(S(=O)(=O)N2CCC(N3CCC(c4ccc(Cl)cc4F)CC3)C2=O)cc1. The zero-order chi connectivity index (χ0) is 25.5. The molecule has 190 valence electrons. The normalized spacial score (nSPS) is 20.7. The van der Waals surface area contributed by atoms with Crippen molar-refractivity contribution < 1.29 is 26.0 Å². The zero-order valence-corrected chi connectivity index (χ0v) is 21.8. The summed E-state index contributed by atoms with van der Waals surface area (Å²) in [5.41, 5.74) is 0.607. The number of hydrogen-bond acceptors (Lipinski definition) is 6. The van der Waals surface area contributed by atoms with Crippen LogP contribution in [0.4, 0.5) is 4.39 Å². The highest BCUT2D eigenvalue weighted by Gasteiger charge is 2.43. The van der Waals surface area contributed by atoms with E-state index in [1.165, 1.54) is 44.4 Å². The molecule has 1 amide bonds. The van der Waals surface area contributed by atoms with E-state index in [4.69, 9.17) is 11.6 Å². The summed E-state index contributed by atoms with van der Waals surface area (Å²) in [6.45, 7) is 1.15. The molecule has 2 heterocycles. The number of halogens is 2. The van der Waals surface area contributed by atoms with Gasteiger partial charge in [-0.25, -0.2) is 29.8 Å². The van der Waals surface area contributed by atoms with Gasteiger partial charge in [-0.05, 0) is 80.2 Å². The highest BCUT2D eigenvalue weighted by Crippen LogP contribution is 2.34. The molecule has 12 heteroatoms. The first-order valence-corrected chi connectivity index (χ1v) is 14.5. The minimum atomic E-state index is -4.12. The van der Waals surface area contributed by atoms with Crippen LogP contribution in [-0.2, 0) is 24.8 Å². The molecule has 2 saturated heterocycles. The number of nitrogens with zero attached hydrogens (tertiary/aromatic N) is 3. The number of rotatable bonds is 6. The van der Waals surface area contributed by atoms with E-state index in [0.717, 1.165) is 8.61 Å². The topological polar surface area (TPSA) is 95.1 Å². The first kappa shape index (κ1) is 26.0. The maximum absolute atomic E-state index is 14.3. The van der Waals surface area contributed by atoms with Crippen LogP contribution in [0.25, 0.3) is 0 Å². The predicted octanol–water partition coefficient (Wildman–Crippen LogP) is 2.90. The average molecular weight is 544 g/mol. The van der Waals surface area contributed by atoms with Crippen LogP contribution in [0.5, 0.6) is 0 Å². The number of carbonyl (C=O) groups is 1. The fourth-order valence-electron chi connectivity index (χ4n) is 4.69. The smallest absolute Gasteiger partial charge is 0.266 e. The van der Waals surface area contributed by atoms with Crippen molar-refractivity contribution in [2.24, 2.45) is 0 Å². The van der Waals surface area contributed by atoms with Crippen molar-refractivity contribution >= 4 is 37.6 Å². The van der Waals surface area contributed by atoms with Gasteiger partial charge in [0.1, 0.15) is 5.82 Å². The molecule has 0 saturated carbocycles. The molecule has 0 radical (unpaired) electrons. The minimum absolute atomic E-state index is 0.0109. The van der Waals surface area contributed by atoms with Crippen LogP contribution < -0.4 is 0 Å². The van der Waals surface area contributed by atoms with Gasteiger partial charge in [0.15, 0.2) is 0 Å². The summed E-state index contributed by atoms with van der Waals surface area (Å²) in [7, 11) is -5.05. The molecule has 2 aromatic carbocycles. The number of benzene rings is 2. The van der Waals surface area contributed by atoms with Gasteiger partial charge in [-0.1, -0.05) is 17.7 Å². The monoisotopic (exact) mass is 543 g/mol. The Labute approximate surface area is 210 Å². The molecule has 2 aliphatic rings. The van der Waals surface area contributed by atoms with Gasteiger partial charge >= 0.3 is 0 Å². The van der Waals surface area contributed by atoms with Crippen LogP contribution in [0.3, 0.4) is 0 Å². The summed E-state index contributed by atoms with van der Waals surface area (Å²) in [5, 5.41) is 0.343. The first-order chi connectivity index (χ1) is 16.4. The van der Waals surface area contributed by atoms with E-state index >= 15 is 0 Å². The van der Waals surface area contributed by atoms with Gasteiger partial charge in [-0.3, -0.25) is 9.69 Å². The van der Waals surface area contributed by atoms with Crippen LogP contribution >= 0.6 is 11.6 Å². The van der Waals surface area contributed by atoms with E-state index in [0.29, 0.717) is 42.9 Å². The van der Waals surface area contributed by atoms with Crippen LogP contribution in [0.2, 0.25) is 5.02 Å². The number of sulfonamides is 2. The van der Waals surface area contributed by atoms with Gasteiger partial charge in [0, 0.05) is 25.7 Å². The lowest BCUT2D eigenvalue weighted by Crippen LogP contribution is -2.46. The van der Waals surface area contributed by atoms with Crippen molar-refractivity contribution in [2.75, 3.05) is 33.7 Å². The average Bonchev–Trinajstić information content (AvgIpc) is 3.21. The molecule has 2 fully saturated rings. The second kappa shape index (κ2) is 9.78. The van der Waals surface area contributed by atoms with Gasteiger partial charge in [0.25, 0.3) is 15.9 Å². The fourth-order valence-corrected chi connectivity index (χ4v) is 7.19. The highest BCUT2D eigenvalue weighted by atomic mass is 35.5. The van der Waals surface area contributed by atoms with Crippen molar-refractivity contribution in [2.45, 2.75) is 41.0 Å². The van der Waals surface area contributed by atoms with Crippen molar-refractivity contribution in [3.8, 4) is 0 Å². The van der Waals surface area contributed by atoms with Crippen LogP contribution in [0.15, 0.2) is 52.3 Å². The molecule has 2 aliphatic heterocycles. The van der Waals surface area contributed by atoms with E-state index in [9.17, 15) is 26.0 Å². The molecule has 0 aromatic heterocycles. The number of hydrogen-bond donors (Lipinski definition) is 0. The van der Waals surface area contributed by atoms with Crippen LogP contribution in [-0.4, -0.2) is 76.0 Å². The summed E-state index contributed by atoms with van der Waals surface area (Å²) in [5.74, 6) is -0.822. The lowest BCUT2D eigenvalue weighted by molar-refractivity contribution is -0.128. The van der Waals surface area contributed by atoms with Crippen molar-refractivity contribution in [1.29, 1.82) is 0 Å². The summed E-state index contributed by atoms with van der Waals surface area (Å²) in [6, 6.07) is 8.96. The zero-order valence-electron chi connectivity index (χ0n) is 19.4. The maximum atomic E-state index is 14.3. The number of likely N-dealkylation sites (tertiary alicyclic amines) is 1. The van der Waals surface area contributed by atoms with Gasteiger partial charge in [0.2, 0.25) is 10.0 Å². The molecule has 0 aliphatic carbocycles. The Hall–Kier alpha value is -2.05. The van der Waals surface area contributed by atoms with Crippen LogP contribution in [0, 0.1) is 5.82 Å². The maximum Gasteiger partial charge on any atom is 0.266 e. The van der Waals surface area contributed by atoms with Gasteiger partial charge in [-0.2, -0.15) is 0 Å². The van der Waals surface area contributed by atoms with E-state index in [2.05, 4.69) is 0 Å². The second-order valence-electron chi connectivity index (χ2n) is 8.95. The largest absolute Gasteiger partial charge is 0.292 e. The van der Waals surface area contributed by atoms with E-state index in [-0.39, 0.29) is 28.1 Å². The molecular weight excluding hydrogens is 517 g/mol. The molecule has 0 bridgehead atoms. The lowest BCUT2D eigenvalue weighted by atomic mass is 9.88. The quantitative estimate of drug-likeness (QED) is 0.556. The minimum Gasteiger partial charge on any atom is -0.292 e. The summed E-state index contributed by atoms with van der Waals surface area (Å²) < 4.78 is 67.0. The van der Waals surface area contributed by atoms with E-state index in [1.54, 1.807) is 12.1 Å². The van der Waals surface area contributed by atoms with E-state index in [1.807, 2.05) is 4.90 Å². The lowest BCUT2D eigenvalue weighted by Gasteiger charge is -2.35. The molecule has 8 nitrogen and oxygen atoms in total. The van der Waals surface area contributed by atoms with Crippen molar-refractivity contribution in [1.82, 2.24) is 13.5 Å².